The largest absolute Gasteiger partial charge is 0.478 e. The Balaban J connectivity index is 1.81. The van der Waals surface area contributed by atoms with E-state index >= 15 is 0 Å². The summed E-state index contributed by atoms with van der Waals surface area (Å²) in [5.74, 6) is 1.21. The van der Waals surface area contributed by atoms with Gasteiger partial charge in [-0.3, -0.25) is 0 Å². The van der Waals surface area contributed by atoms with Gasteiger partial charge in [-0.05, 0) is 68.8 Å². The number of nitrogens with zero attached hydrogens (tertiary/aromatic N) is 1. The second-order valence-electron chi connectivity index (χ2n) is 6.05. The molecule has 4 rings (SSSR count). The van der Waals surface area contributed by atoms with Crippen LogP contribution < -0.4 is 15.0 Å². The van der Waals surface area contributed by atoms with Crippen molar-refractivity contribution < 1.29 is 4.74 Å². The van der Waals surface area contributed by atoms with Gasteiger partial charge in [0.05, 0.1) is 10.5 Å². The molecule has 1 aromatic rings. The highest BCUT2D eigenvalue weighted by Crippen LogP contribution is 2.48. The summed E-state index contributed by atoms with van der Waals surface area (Å²) in [6, 6.07) is 4.65. The number of dihydropyridines is 1. The summed E-state index contributed by atoms with van der Waals surface area (Å²) in [4.78, 5) is 2.43. The molecule has 3 aliphatic rings. The summed E-state index contributed by atoms with van der Waals surface area (Å²) in [6.45, 7) is 1.97. The predicted octanol–water partition coefficient (Wildman–Crippen LogP) is 4.97. The van der Waals surface area contributed by atoms with Gasteiger partial charge in [0.1, 0.15) is 11.9 Å². The van der Waals surface area contributed by atoms with Gasteiger partial charge in [0.2, 0.25) is 0 Å². The second-order valence-corrected chi connectivity index (χ2v) is 8.20. The van der Waals surface area contributed by atoms with Crippen molar-refractivity contribution in [3.8, 4) is 5.75 Å². The zero-order chi connectivity index (χ0) is 16.7. The van der Waals surface area contributed by atoms with Crippen molar-refractivity contribution in [3.05, 3.63) is 70.9 Å². The molecule has 1 aromatic carbocycles. The third-order valence-electron chi connectivity index (χ3n) is 4.50. The first-order valence-corrected chi connectivity index (χ1v) is 9.73. The van der Waals surface area contributed by atoms with Gasteiger partial charge in [0.15, 0.2) is 5.01 Å². The fourth-order valence-electron chi connectivity index (χ4n) is 3.57. The van der Waals surface area contributed by atoms with Gasteiger partial charge in [-0.15, -0.1) is 0 Å². The third kappa shape index (κ3) is 2.74. The second kappa shape index (κ2) is 6.45. The van der Waals surface area contributed by atoms with Gasteiger partial charge < -0.3 is 15.0 Å². The maximum absolute atomic E-state index is 5.91. The van der Waals surface area contributed by atoms with E-state index in [-0.39, 0.29) is 11.2 Å². The number of alkyl halides is 1. The summed E-state index contributed by atoms with van der Waals surface area (Å²) in [6.07, 6.45) is 17.3. The van der Waals surface area contributed by atoms with Crippen LogP contribution in [0.15, 0.2) is 65.3 Å². The number of hydrogen-bond acceptors (Lipinski definition) is 3. The summed E-state index contributed by atoms with van der Waals surface area (Å²) >= 11 is 7.13. The van der Waals surface area contributed by atoms with Crippen LogP contribution >= 0.6 is 31.9 Å². The smallest absolute Gasteiger partial charge is 0.150 e. The number of halogens is 2. The molecule has 2 aliphatic heterocycles. The molecule has 0 radical (unpaired) electrons. The van der Waals surface area contributed by atoms with Crippen LogP contribution in [0.3, 0.4) is 0 Å². The third-order valence-corrected chi connectivity index (χ3v) is 5.31. The summed E-state index contributed by atoms with van der Waals surface area (Å²) in [7, 11) is 0. The van der Waals surface area contributed by atoms with Crippen LogP contribution in [0, 0.1) is 0 Å². The molecule has 0 saturated heterocycles. The highest BCUT2D eigenvalue weighted by atomic mass is 79.9. The lowest BCUT2D eigenvalue weighted by Crippen LogP contribution is -2.47. The highest BCUT2D eigenvalue weighted by Gasteiger charge is 2.40. The number of nitrogens with one attached hydrogen (secondary N) is 1. The van der Waals surface area contributed by atoms with Crippen molar-refractivity contribution in [3.63, 3.8) is 0 Å². The molecule has 5 heteroatoms. The Labute approximate surface area is 159 Å². The zero-order valence-corrected chi connectivity index (χ0v) is 16.4. The molecular formula is C19H18Br2N2O. The average molecular weight is 450 g/mol. The molecule has 0 bridgehead atoms. The molecule has 0 spiro atoms. The predicted molar refractivity (Wildman–Crippen MR) is 106 cm³/mol. The SMILES string of the molecule is C[C@@H](Br)Oc1cc2c(cc1Br)C1C=CC=CC1N2C1C=CC=CN1. The fourth-order valence-corrected chi connectivity index (χ4v) is 4.22. The van der Waals surface area contributed by atoms with Crippen LogP contribution in [0.4, 0.5) is 5.69 Å². The van der Waals surface area contributed by atoms with E-state index in [1.54, 1.807) is 0 Å². The number of anilines is 1. The van der Waals surface area contributed by atoms with Crippen LogP contribution in [0.1, 0.15) is 18.4 Å². The van der Waals surface area contributed by atoms with E-state index in [0.29, 0.717) is 12.0 Å². The van der Waals surface area contributed by atoms with E-state index in [0.717, 1.165) is 10.2 Å². The van der Waals surface area contributed by atoms with Gasteiger partial charge in [-0.25, -0.2) is 0 Å². The van der Waals surface area contributed by atoms with Gasteiger partial charge in [0, 0.05) is 17.7 Å². The van der Waals surface area contributed by atoms with Gasteiger partial charge in [-0.1, -0.05) is 30.4 Å². The van der Waals surface area contributed by atoms with Gasteiger partial charge in [-0.2, -0.15) is 0 Å². The minimum atomic E-state index is -0.0422. The Morgan fingerprint density at radius 3 is 2.67 bits per heavy atom. The van der Waals surface area contributed by atoms with E-state index < -0.39 is 0 Å². The molecule has 124 valence electrons. The van der Waals surface area contributed by atoms with Crippen molar-refractivity contribution in [2.24, 2.45) is 0 Å². The number of rotatable bonds is 3. The van der Waals surface area contributed by atoms with E-state index in [1.165, 1.54) is 11.3 Å². The Kier molecular flexibility index (Phi) is 4.31. The maximum atomic E-state index is 5.91. The Bertz CT molecular complexity index is 767. The summed E-state index contributed by atoms with van der Waals surface area (Å²) in [5, 5.41) is 3.41. The molecule has 3 unspecified atom stereocenters. The molecule has 0 fully saturated rings. The first-order chi connectivity index (χ1) is 11.6. The van der Waals surface area contributed by atoms with Crippen LogP contribution in [0.5, 0.6) is 5.75 Å². The van der Waals surface area contributed by atoms with Crippen molar-refractivity contribution in [1.29, 1.82) is 0 Å². The lowest BCUT2D eigenvalue weighted by molar-refractivity contribution is 0.312. The molecular weight excluding hydrogens is 432 g/mol. The zero-order valence-electron chi connectivity index (χ0n) is 13.2. The highest BCUT2D eigenvalue weighted by molar-refractivity contribution is 9.10. The first-order valence-electron chi connectivity index (χ1n) is 8.02. The molecule has 4 atom stereocenters. The lowest BCUT2D eigenvalue weighted by atomic mass is 9.91. The number of ether oxygens (including phenoxy) is 1. The van der Waals surface area contributed by atoms with Crippen LogP contribution in [-0.4, -0.2) is 17.2 Å². The molecule has 0 aromatic heterocycles. The molecule has 3 nitrogen and oxygen atoms in total. The maximum Gasteiger partial charge on any atom is 0.150 e. The monoisotopic (exact) mass is 448 g/mol. The van der Waals surface area contributed by atoms with Crippen molar-refractivity contribution in [1.82, 2.24) is 5.32 Å². The van der Waals surface area contributed by atoms with Crippen molar-refractivity contribution >= 4 is 37.5 Å². The minimum absolute atomic E-state index is 0.0422. The quantitative estimate of drug-likeness (QED) is 0.659. The van der Waals surface area contributed by atoms with E-state index in [4.69, 9.17) is 4.74 Å². The Morgan fingerprint density at radius 1 is 1.12 bits per heavy atom. The van der Waals surface area contributed by atoms with E-state index in [1.807, 2.05) is 19.2 Å². The molecule has 1 N–H and O–H groups in total. The molecule has 0 saturated carbocycles. The van der Waals surface area contributed by atoms with E-state index in [9.17, 15) is 0 Å². The average Bonchev–Trinajstić information content (AvgIpc) is 2.89. The normalized spacial score (nSPS) is 27.6. The molecule has 24 heavy (non-hydrogen) atoms. The first kappa shape index (κ1) is 16.0. The van der Waals surface area contributed by atoms with Crippen molar-refractivity contribution in [2.45, 2.75) is 30.1 Å². The minimum Gasteiger partial charge on any atom is -0.478 e. The van der Waals surface area contributed by atoms with Gasteiger partial charge in [0.25, 0.3) is 0 Å². The van der Waals surface area contributed by atoms with Crippen LogP contribution in [-0.2, 0) is 0 Å². The van der Waals surface area contributed by atoms with Crippen molar-refractivity contribution in [2.75, 3.05) is 4.90 Å². The Morgan fingerprint density at radius 2 is 1.92 bits per heavy atom. The summed E-state index contributed by atoms with van der Waals surface area (Å²) in [5.41, 5.74) is 2.54. The number of benzene rings is 1. The van der Waals surface area contributed by atoms with Gasteiger partial charge >= 0.3 is 0 Å². The molecule has 2 heterocycles. The lowest BCUT2D eigenvalue weighted by Gasteiger charge is -2.35. The Hall–Kier alpha value is -1.46. The molecule has 1 aliphatic carbocycles. The number of fused-ring (bicyclic) bond motifs is 3. The standard InChI is InChI=1S/C19H18Br2N2O/c1-12(20)24-18-11-17-14(10-15(18)21)13-6-2-3-7-16(13)23(17)19-8-4-5-9-22-19/h2-13,16,19,22H,1H3/t12-,13?,16?,19?/m0/s1. The van der Waals surface area contributed by atoms with Crippen LogP contribution in [0.2, 0.25) is 0 Å². The summed E-state index contributed by atoms with van der Waals surface area (Å²) < 4.78 is 6.90. The van der Waals surface area contributed by atoms with Crippen LogP contribution in [0.25, 0.3) is 0 Å². The van der Waals surface area contributed by atoms with E-state index in [2.05, 4.69) is 90.7 Å². The topological polar surface area (TPSA) is 24.5 Å². The fraction of sp³-hybridized carbons (Fsp3) is 0.263. The molecule has 0 amide bonds. The number of allylic oxidation sites excluding steroid dienone is 4. The number of hydrogen-bond donors (Lipinski definition) is 1.